The number of anilines is 8. The van der Waals surface area contributed by atoms with Crippen molar-refractivity contribution < 1.29 is 0 Å². The summed E-state index contributed by atoms with van der Waals surface area (Å²) in [5.74, 6) is 0. The number of rotatable bonds is 12. The quantitative estimate of drug-likeness (QED) is 0.0932. The number of allylic oxidation sites excluding steroid dienone is 1. The van der Waals surface area contributed by atoms with Crippen molar-refractivity contribution >= 4 is 57.3 Å². The molecule has 0 saturated carbocycles. The van der Waals surface area contributed by atoms with Crippen LogP contribution in [0.4, 0.5) is 45.5 Å². The van der Waals surface area contributed by atoms with Crippen molar-refractivity contribution in [2.24, 2.45) is 5.10 Å². The van der Waals surface area contributed by atoms with Crippen molar-refractivity contribution in [3.05, 3.63) is 248 Å². The smallest absolute Gasteiger partial charge is 0.0652 e. The number of benzene rings is 8. The molecule has 0 aliphatic carbocycles. The predicted molar refractivity (Wildman–Crippen MR) is 233 cm³/mol. The van der Waals surface area contributed by atoms with E-state index in [1.165, 1.54) is 0 Å². The van der Waals surface area contributed by atoms with E-state index in [2.05, 4.69) is 210 Å². The highest BCUT2D eigenvalue weighted by Crippen LogP contribution is 2.38. The highest BCUT2D eigenvalue weighted by Gasteiger charge is 2.15. The fourth-order valence-corrected chi connectivity index (χ4v) is 6.74. The molecule has 0 aliphatic heterocycles. The highest BCUT2D eigenvalue weighted by atomic mass is 15.5. The average molecular weight is 709 g/mol. The second-order valence-electron chi connectivity index (χ2n) is 12.9. The van der Waals surface area contributed by atoms with E-state index < -0.39 is 0 Å². The Morgan fingerprint density at radius 1 is 0.291 bits per heavy atom. The first-order valence-corrected chi connectivity index (χ1v) is 18.5. The minimum Gasteiger partial charge on any atom is -0.311 e. The zero-order chi connectivity index (χ0) is 37.1. The van der Waals surface area contributed by atoms with Gasteiger partial charge in [-0.1, -0.05) is 133 Å². The summed E-state index contributed by atoms with van der Waals surface area (Å²) in [5.41, 5.74) is 11.7. The van der Waals surface area contributed by atoms with Gasteiger partial charge in [-0.15, -0.1) is 0 Å². The maximum atomic E-state index is 5.02. The Balaban J connectivity index is 1.20. The lowest BCUT2D eigenvalue weighted by Gasteiger charge is -2.26. The lowest BCUT2D eigenvalue weighted by molar-refractivity contribution is 1.09. The van der Waals surface area contributed by atoms with Gasteiger partial charge in [0.25, 0.3) is 0 Å². The molecule has 0 atom stereocenters. The summed E-state index contributed by atoms with van der Waals surface area (Å²) in [7, 11) is 0. The second kappa shape index (κ2) is 16.9. The first-order valence-electron chi connectivity index (χ1n) is 18.5. The molecule has 8 aromatic rings. The summed E-state index contributed by atoms with van der Waals surface area (Å²) in [6, 6.07) is 80.0. The van der Waals surface area contributed by atoms with Gasteiger partial charge >= 0.3 is 0 Å². The van der Waals surface area contributed by atoms with Crippen LogP contribution in [-0.2, 0) is 0 Å². The second-order valence-corrected chi connectivity index (χ2v) is 12.9. The van der Waals surface area contributed by atoms with E-state index in [1.54, 1.807) is 0 Å². The van der Waals surface area contributed by atoms with Crippen molar-refractivity contribution in [1.29, 1.82) is 0 Å². The van der Waals surface area contributed by atoms with Crippen LogP contribution < -0.4 is 14.8 Å². The van der Waals surface area contributed by atoms with E-state index in [4.69, 9.17) is 5.10 Å². The Kier molecular flexibility index (Phi) is 10.7. The molecule has 0 saturated heterocycles. The Morgan fingerprint density at radius 2 is 0.545 bits per heavy atom. The number of nitrogens with zero attached hydrogens (tertiary/aromatic N) is 4. The fraction of sp³-hybridized carbons (Fsp3) is 0. The van der Waals surface area contributed by atoms with Crippen LogP contribution in [0.3, 0.4) is 0 Å². The monoisotopic (exact) mass is 708 g/mol. The van der Waals surface area contributed by atoms with Crippen LogP contribution >= 0.6 is 0 Å². The zero-order valence-corrected chi connectivity index (χ0v) is 30.4. The minimum absolute atomic E-state index is 0.984. The highest BCUT2D eigenvalue weighted by molar-refractivity contribution is 5.93. The Labute approximate surface area is 323 Å². The van der Waals surface area contributed by atoms with Gasteiger partial charge in [0, 0.05) is 40.3 Å². The molecule has 0 unspecified atom stereocenters. The first-order chi connectivity index (χ1) is 27.3. The van der Waals surface area contributed by atoms with Crippen molar-refractivity contribution in [2.45, 2.75) is 0 Å². The van der Waals surface area contributed by atoms with Gasteiger partial charge in [-0.2, -0.15) is 5.10 Å². The maximum Gasteiger partial charge on any atom is 0.0652 e. The van der Waals surface area contributed by atoms with Crippen LogP contribution in [0.25, 0.3) is 5.57 Å². The van der Waals surface area contributed by atoms with E-state index in [9.17, 15) is 0 Å². The largest absolute Gasteiger partial charge is 0.311 e. The minimum atomic E-state index is 0.984. The Morgan fingerprint density at radius 3 is 0.836 bits per heavy atom. The number of hydrogen-bond donors (Lipinski definition) is 0. The molecule has 0 N–H and O–H groups in total. The molecular formula is C51H40N4. The molecule has 55 heavy (non-hydrogen) atoms. The molecule has 0 radical (unpaired) electrons. The average Bonchev–Trinajstić information content (AvgIpc) is 3.27. The molecule has 264 valence electrons. The Hall–Kier alpha value is -7.43. The van der Waals surface area contributed by atoms with E-state index in [0.29, 0.717) is 0 Å². The van der Waals surface area contributed by atoms with Gasteiger partial charge in [0.2, 0.25) is 0 Å². The van der Waals surface area contributed by atoms with Crippen LogP contribution in [-0.4, -0.2) is 6.21 Å². The van der Waals surface area contributed by atoms with Gasteiger partial charge in [-0.3, -0.25) is 0 Å². The normalized spacial score (nSPS) is 10.8. The number of hydrazone groups is 1. The maximum absolute atomic E-state index is 5.02. The summed E-state index contributed by atoms with van der Waals surface area (Å²) in [6.45, 7) is 0. The molecule has 8 aromatic carbocycles. The van der Waals surface area contributed by atoms with Gasteiger partial charge in [0.15, 0.2) is 0 Å². The molecular weight excluding hydrogens is 669 g/mol. The van der Waals surface area contributed by atoms with Crippen LogP contribution in [0.5, 0.6) is 0 Å². The summed E-state index contributed by atoms with van der Waals surface area (Å²) in [5, 5.41) is 6.99. The zero-order valence-electron chi connectivity index (χ0n) is 30.4. The third kappa shape index (κ3) is 8.15. The summed E-state index contributed by atoms with van der Waals surface area (Å²) < 4.78 is 0. The van der Waals surface area contributed by atoms with Crippen molar-refractivity contribution in [3.63, 3.8) is 0 Å². The van der Waals surface area contributed by atoms with Crippen molar-refractivity contribution in [1.82, 2.24) is 0 Å². The molecule has 0 aliphatic rings. The molecule has 0 aromatic heterocycles. The Bertz CT molecular complexity index is 2190. The molecule has 0 fully saturated rings. The molecule has 8 rings (SSSR count). The van der Waals surface area contributed by atoms with Crippen molar-refractivity contribution in [3.8, 4) is 0 Å². The lowest BCUT2D eigenvalue weighted by Crippen LogP contribution is -2.10. The summed E-state index contributed by atoms with van der Waals surface area (Å²) >= 11 is 0. The van der Waals surface area contributed by atoms with Crippen LogP contribution in [0, 0.1) is 0 Å². The molecule has 0 bridgehead atoms. The topological polar surface area (TPSA) is 22.1 Å². The van der Waals surface area contributed by atoms with Crippen LogP contribution in [0.1, 0.15) is 11.1 Å². The van der Waals surface area contributed by atoms with Gasteiger partial charge < -0.3 is 9.80 Å². The van der Waals surface area contributed by atoms with Gasteiger partial charge in [-0.25, -0.2) is 5.01 Å². The molecule has 4 heteroatoms. The van der Waals surface area contributed by atoms with Crippen molar-refractivity contribution in [2.75, 3.05) is 14.8 Å². The van der Waals surface area contributed by atoms with Crippen LogP contribution in [0.2, 0.25) is 0 Å². The molecule has 0 spiro atoms. The van der Waals surface area contributed by atoms with E-state index in [-0.39, 0.29) is 0 Å². The standard InChI is InChI=1S/C51H40N4/c1-7-19-43(20-8-1)53(44-21-9-2-10-22-44)47-35-31-41(32-36-47)51(39-40-52-55(49-27-15-5-16-28-49)50-29-17-6-18-30-50)42-33-37-48(38-34-42)54(45-23-11-3-12-24-45)46-25-13-4-14-26-46/h1-40H. The summed E-state index contributed by atoms with van der Waals surface area (Å²) in [4.78, 5) is 4.56. The van der Waals surface area contributed by atoms with Crippen LogP contribution in [0.15, 0.2) is 242 Å². The molecule has 0 heterocycles. The van der Waals surface area contributed by atoms with E-state index in [1.807, 2.05) is 47.6 Å². The summed E-state index contributed by atoms with van der Waals surface area (Å²) in [6.07, 6.45) is 4.01. The first kappa shape index (κ1) is 34.6. The number of hydrogen-bond acceptors (Lipinski definition) is 4. The fourth-order valence-electron chi connectivity index (χ4n) is 6.74. The van der Waals surface area contributed by atoms with E-state index >= 15 is 0 Å². The molecule has 4 nitrogen and oxygen atoms in total. The van der Waals surface area contributed by atoms with Gasteiger partial charge in [0.05, 0.1) is 11.4 Å². The predicted octanol–water partition coefficient (Wildman–Crippen LogP) is 13.9. The third-order valence-corrected chi connectivity index (χ3v) is 9.36. The SMILES string of the molecule is C(C=C(c1ccc(N(c2ccccc2)c2ccccc2)cc1)c1ccc(N(c2ccccc2)c2ccccc2)cc1)=NN(c1ccccc1)c1ccccc1. The number of para-hydroxylation sites is 6. The van der Waals surface area contributed by atoms with E-state index in [0.717, 1.165) is 62.2 Å². The molecule has 0 amide bonds. The third-order valence-electron chi connectivity index (χ3n) is 9.36. The van der Waals surface area contributed by atoms with Gasteiger partial charge in [0.1, 0.15) is 0 Å². The lowest BCUT2D eigenvalue weighted by atomic mass is 9.96. The van der Waals surface area contributed by atoms with Gasteiger partial charge in [-0.05, 0) is 120 Å².